The second-order valence-electron chi connectivity index (χ2n) is 15.2. The number of hydrogen-bond donors (Lipinski definition) is 0. The third kappa shape index (κ3) is 11.1. The van der Waals surface area contributed by atoms with E-state index in [0.29, 0.717) is 5.92 Å². The van der Waals surface area contributed by atoms with Crippen molar-refractivity contribution in [2.24, 2.45) is 23.7 Å². The van der Waals surface area contributed by atoms with E-state index in [9.17, 15) is 17.6 Å². The number of allylic oxidation sites excluding steroid dienone is 1. The zero-order valence-corrected chi connectivity index (χ0v) is 31.3. The Labute approximate surface area is 301 Å². The fourth-order valence-electron chi connectivity index (χ4n) is 8.99. The van der Waals surface area contributed by atoms with Crippen molar-refractivity contribution in [2.45, 2.75) is 142 Å². The summed E-state index contributed by atoms with van der Waals surface area (Å²) in [6.07, 6.45) is 22.9. The van der Waals surface area contributed by atoms with E-state index in [-0.39, 0.29) is 11.1 Å². The summed E-state index contributed by atoms with van der Waals surface area (Å²) < 4.78 is 55.1. The Balaban J connectivity index is 0.000000250. The van der Waals surface area contributed by atoms with Crippen molar-refractivity contribution in [1.82, 2.24) is 0 Å². The molecule has 3 aromatic carbocycles. The minimum absolute atomic E-state index is 0.0165. The predicted molar refractivity (Wildman–Crippen MR) is 203 cm³/mol. The van der Waals surface area contributed by atoms with Crippen LogP contribution in [0.1, 0.15) is 152 Å². The van der Waals surface area contributed by atoms with Crippen molar-refractivity contribution < 1.29 is 17.6 Å². The molecule has 0 spiro atoms. The van der Waals surface area contributed by atoms with Crippen molar-refractivity contribution >= 4 is 0 Å². The molecule has 3 fully saturated rings. The summed E-state index contributed by atoms with van der Waals surface area (Å²) in [6, 6.07) is 15.8. The van der Waals surface area contributed by atoms with Gasteiger partial charge in [0.1, 0.15) is 5.82 Å². The Kier molecular flexibility index (Phi) is 16.1. The third-order valence-electron chi connectivity index (χ3n) is 12.0. The smallest absolute Gasteiger partial charge is 0.194 e. The van der Waals surface area contributed by atoms with Crippen molar-refractivity contribution in [3.05, 3.63) is 107 Å². The van der Waals surface area contributed by atoms with Gasteiger partial charge in [-0.15, -0.1) is 6.58 Å². The molecule has 50 heavy (non-hydrogen) atoms. The molecule has 0 nitrogen and oxygen atoms in total. The molecule has 3 aliphatic rings. The zero-order valence-electron chi connectivity index (χ0n) is 31.3. The molecule has 0 aromatic heterocycles. The van der Waals surface area contributed by atoms with Crippen molar-refractivity contribution in [3.63, 3.8) is 0 Å². The van der Waals surface area contributed by atoms with Gasteiger partial charge in [0.25, 0.3) is 0 Å². The van der Waals surface area contributed by atoms with Crippen molar-refractivity contribution in [3.8, 4) is 11.1 Å². The van der Waals surface area contributed by atoms with Crippen LogP contribution in [-0.2, 0) is 0 Å². The fraction of sp³-hybridized carbons (Fsp3) is 0.565. The first kappa shape index (κ1) is 39.9. The van der Waals surface area contributed by atoms with Gasteiger partial charge in [-0.2, -0.15) is 0 Å². The molecule has 6 rings (SSSR count). The Morgan fingerprint density at radius 1 is 0.600 bits per heavy atom. The van der Waals surface area contributed by atoms with Crippen LogP contribution in [0.15, 0.2) is 67.3 Å². The predicted octanol–water partition coefficient (Wildman–Crippen LogP) is 15.1. The normalized spacial score (nSPS) is 25.0. The average Bonchev–Trinajstić information content (AvgIpc) is 3.15. The first-order chi connectivity index (χ1) is 24.2. The molecule has 274 valence electrons. The summed E-state index contributed by atoms with van der Waals surface area (Å²) in [5, 5.41) is 0. The van der Waals surface area contributed by atoms with Crippen LogP contribution < -0.4 is 0 Å². The minimum atomic E-state index is -1.53. The molecule has 4 heteroatoms. The lowest BCUT2D eigenvalue weighted by Crippen LogP contribution is -2.25. The van der Waals surface area contributed by atoms with E-state index in [1.54, 1.807) is 11.6 Å². The molecule has 3 aliphatic carbocycles. The second kappa shape index (κ2) is 20.2. The second-order valence-corrected chi connectivity index (χ2v) is 15.2. The van der Waals surface area contributed by atoms with Gasteiger partial charge in [-0.05, 0) is 154 Å². The molecule has 0 heterocycles. The largest absolute Gasteiger partial charge is 0.206 e. The van der Waals surface area contributed by atoms with Gasteiger partial charge in [-0.25, -0.2) is 17.6 Å². The highest BCUT2D eigenvalue weighted by Gasteiger charge is 2.31. The fourth-order valence-corrected chi connectivity index (χ4v) is 8.99. The van der Waals surface area contributed by atoms with E-state index in [1.165, 1.54) is 102 Å². The average molecular weight is 691 g/mol. The van der Waals surface area contributed by atoms with E-state index in [0.717, 1.165) is 60.1 Å². The van der Waals surface area contributed by atoms with E-state index >= 15 is 0 Å². The maximum atomic E-state index is 14.8. The van der Waals surface area contributed by atoms with Crippen LogP contribution in [-0.4, -0.2) is 0 Å². The van der Waals surface area contributed by atoms with E-state index < -0.39 is 23.3 Å². The number of hydrogen-bond acceptors (Lipinski definition) is 0. The molecule has 0 aliphatic heterocycles. The Hall–Kier alpha value is -2.88. The Morgan fingerprint density at radius 2 is 1.08 bits per heavy atom. The summed E-state index contributed by atoms with van der Waals surface area (Å²) in [7, 11) is 0. The number of benzene rings is 3. The van der Waals surface area contributed by atoms with Crippen LogP contribution in [0.4, 0.5) is 17.6 Å². The van der Waals surface area contributed by atoms with Gasteiger partial charge in [0.2, 0.25) is 0 Å². The van der Waals surface area contributed by atoms with E-state index in [4.69, 9.17) is 0 Å². The lowest BCUT2D eigenvalue weighted by atomic mass is 9.68. The Bertz CT molecular complexity index is 1410. The summed E-state index contributed by atoms with van der Waals surface area (Å²) in [4.78, 5) is 0. The standard InChI is InChI=1S/C27H32F4.C17H24.C2H6/c1-2-3-17-4-6-18(7-5-17)19-8-10-20(11-9-19)21-12-13-23(24(28)14-21)22-15-25(29)27(31)26(30)16-22;1-3-4-5-15-8-12-17(13-9-15)16-10-6-14(2)7-11-16;1-2/h12-20H,2-11H2,1H3;3,6-7,10-11,15,17H,1,4-5,8-9,12-13H2,2H3;1-2H3. The molecule has 0 radical (unpaired) electrons. The molecule has 0 atom stereocenters. The summed E-state index contributed by atoms with van der Waals surface area (Å²) in [5.74, 6) is 0.0339. The van der Waals surface area contributed by atoms with Gasteiger partial charge in [0.15, 0.2) is 17.5 Å². The highest BCUT2D eigenvalue weighted by molar-refractivity contribution is 5.65. The highest BCUT2D eigenvalue weighted by atomic mass is 19.2. The maximum Gasteiger partial charge on any atom is 0.194 e. The molecule has 0 amide bonds. The lowest BCUT2D eigenvalue weighted by Gasteiger charge is -2.38. The summed E-state index contributed by atoms with van der Waals surface area (Å²) in [5.41, 5.74) is 3.99. The lowest BCUT2D eigenvalue weighted by molar-refractivity contribution is 0.156. The van der Waals surface area contributed by atoms with Crippen LogP contribution in [0.5, 0.6) is 0 Å². The van der Waals surface area contributed by atoms with Crippen LogP contribution in [0.2, 0.25) is 0 Å². The van der Waals surface area contributed by atoms with Gasteiger partial charge in [-0.3, -0.25) is 0 Å². The summed E-state index contributed by atoms with van der Waals surface area (Å²) in [6.45, 7) is 12.3. The minimum Gasteiger partial charge on any atom is -0.206 e. The van der Waals surface area contributed by atoms with Crippen molar-refractivity contribution in [1.29, 1.82) is 0 Å². The van der Waals surface area contributed by atoms with Gasteiger partial charge in [0.05, 0.1) is 0 Å². The maximum absolute atomic E-state index is 14.8. The molecule has 0 saturated heterocycles. The molecule has 0 bridgehead atoms. The topological polar surface area (TPSA) is 0 Å². The van der Waals surface area contributed by atoms with Gasteiger partial charge >= 0.3 is 0 Å². The van der Waals surface area contributed by atoms with Crippen molar-refractivity contribution in [2.75, 3.05) is 0 Å². The molecule has 3 aromatic rings. The van der Waals surface area contributed by atoms with Gasteiger partial charge < -0.3 is 0 Å². The highest BCUT2D eigenvalue weighted by Crippen LogP contribution is 2.45. The zero-order chi connectivity index (χ0) is 36.0. The van der Waals surface area contributed by atoms with Crippen LogP contribution in [0.3, 0.4) is 0 Å². The van der Waals surface area contributed by atoms with E-state index in [1.807, 2.05) is 19.9 Å². The van der Waals surface area contributed by atoms with Crippen LogP contribution in [0.25, 0.3) is 11.1 Å². The quantitative estimate of drug-likeness (QED) is 0.119. The number of rotatable bonds is 9. The van der Waals surface area contributed by atoms with Crippen LogP contribution >= 0.6 is 0 Å². The third-order valence-corrected chi connectivity index (χ3v) is 12.0. The summed E-state index contributed by atoms with van der Waals surface area (Å²) >= 11 is 0. The van der Waals surface area contributed by atoms with E-state index in [2.05, 4.69) is 50.8 Å². The molecular formula is C46H62F4. The SMILES string of the molecule is C=CCCC1CCC(c2ccc(C)cc2)CC1.CC.CCCC1CCC(C2CCC(c3ccc(-c4cc(F)c(F)c(F)c4)c(F)c3)CC2)CC1. The number of aryl methyl sites for hydroxylation is 1. The molecule has 0 unspecified atom stereocenters. The first-order valence-corrected chi connectivity index (χ1v) is 19.9. The van der Waals surface area contributed by atoms with Crippen LogP contribution in [0, 0.1) is 53.9 Å². The monoisotopic (exact) mass is 690 g/mol. The molecule has 0 N–H and O–H groups in total. The molecular weight excluding hydrogens is 628 g/mol. The number of halogens is 4. The Morgan fingerprint density at radius 3 is 1.62 bits per heavy atom. The first-order valence-electron chi connectivity index (χ1n) is 19.9. The van der Waals surface area contributed by atoms with Gasteiger partial charge in [-0.1, -0.05) is 94.5 Å². The molecule has 3 saturated carbocycles. The van der Waals surface area contributed by atoms with Gasteiger partial charge in [0, 0.05) is 5.56 Å².